The summed E-state index contributed by atoms with van der Waals surface area (Å²) in [6.07, 6.45) is 2.83. The minimum Gasteiger partial charge on any atom is -0.457 e. The van der Waals surface area contributed by atoms with Crippen LogP contribution >= 0.6 is 22.7 Å². The molecule has 3 aromatic heterocycles. The van der Waals surface area contributed by atoms with Crippen molar-refractivity contribution in [2.75, 3.05) is 11.9 Å². The fourth-order valence-corrected chi connectivity index (χ4v) is 4.84. The van der Waals surface area contributed by atoms with Gasteiger partial charge in [0.2, 0.25) is 5.91 Å². The number of nitrogens with one attached hydrogen (secondary N) is 1. The molecule has 0 aliphatic heterocycles. The van der Waals surface area contributed by atoms with Gasteiger partial charge in [-0.05, 0) is 18.6 Å². The van der Waals surface area contributed by atoms with Crippen molar-refractivity contribution in [2.45, 2.75) is 13.5 Å². The number of aryl methyl sites for hydroxylation is 1. The molecule has 1 amide bonds. The van der Waals surface area contributed by atoms with Crippen LogP contribution in [0.3, 0.4) is 0 Å². The lowest BCUT2D eigenvalue weighted by molar-refractivity contribution is -0.116. The molecule has 8 nitrogen and oxygen atoms in total. The summed E-state index contributed by atoms with van der Waals surface area (Å²) < 4.78 is 6.26. The number of esters is 1. The number of amides is 1. The van der Waals surface area contributed by atoms with E-state index < -0.39 is 11.9 Å². The van der Waals surface area contributed by atoms with Crippen molar-refractivity contribution in [3.63, 3.8) is 0 Å². The maximum Gasteiger partial charge on any atom is 0.350 e. The highest BCUT2D eigenvalue weighted by molar-refractivity contribution is 7.21. The number of hydrogen-bond donors (Lipinski definition) is 1. The zero-order valence-electron chi connectivity index (χ0n) is 17.0. The van der Waals surface area contributed by atoms with Gasteiger partial charge in [-0.2, -0.15) is 0 Å². The molecule has 1 N–H and O–H groups in total. The molecule has 0 unspecified atom stereocenters. The smallest absolute Gasteiger partial charge is 0.350 e. The van der Waals surface area contributed by atoms with Crippen LogP contribution in [-0.2, 0) is 16.1 Å². The van der Waals surface area contributed by atoms with Crippen LogP contribution in [-0.4, -0.2) is 33.0 Å². The Labute approximate surface area is 190 Å². The summed E-state index contributed by atoms with van der Waals surface area (Å²) in [5.41, 5.74) is 1.15. The number of thiophene rings is 1. The average Bonchev–Trinajstić information content (AvgIpc) is 3.38. The maximum absolute atomic E-state index is 12.9. The van der Waals surface area contributed by atoms with Crippen LogP contribution in [0.5, 0.6) is 0 Å². The van der Waals surface area contributed by atoms with Crippen molar-refractivity contribution in [2.24, 2.45) is 0 Å². The normalized spacial score (nSPS) is 10.8. The van der Waals surface area contributed by atoms with Gasteiger partial charge in [0.25, 0.3) is 5.56 Å². The fourth-order valence-electron chi connectivity index (χ4n) is 2.97. The number of carbonyl (C=O) groups excluding carboxylic acids is 2. The first-order valence-corrected chi connectivity index (χ1v) is 11.2. The Kier molecular flexibility index (Phi) is 6.24. The minimum absolute atomic E-state index is 0.0881. The number of carbonyl (C=O) groups is 2. The molecule has 0 fully saturated rings. The van der Waals surface area contributed by atoms with Crippen molar-refractivity contribution >= 4 is 49.9 Å². The number of nitrogens with zero attached hydrogens (tertiary/aromatic N) is 3. The third-order valence-electron chi connectivity index (χ3n) is 4.45. The molecular formula is C22H18N4O4S2. The first kappa shape index (κ1) is 21.6. The van der Waals surface area contributed by atoms with Crippen LogP contribution in [0.1, 0.15) is 15.4 Å². The van der Waals surface area contributed by atoms with Crippen molar-refractivity contribution < 1.29 is 14.3 Å². The first-order valence-electron chi connectivity index (χ1n) is 9.56. The van der Waals surface area contributed by atoms with Gasteiger partial charge in [0.1, 0.15) is 22.9 Å². The van der Waals surface area contributed by atoms with Gasteiger partial charge in [-0.15, -0.1) is 11.3 Å². The molecule has 0 radical (unpaired) electrons. The van der Waals surface area contributed by atoms with Crippen LogP contribution in [0.15, 0.2) is 60.2 Å². The third kappa shape index (κ3) is 4.51. The van der Waals surface area contributed by atoms with Crippen LogP contribution in [0.25, 0.3) is 20.7 Å². The van der Waals surface area contributed by atoms with Gasteiger partial charge < -0.3 is 10.1 Å². The van der Waals surface area contributed by atoms with E-state index in [1.807, 2.05) is 30.3 Å². The van der Waals surface area contributed by atoms with Crippen LogP contribution in [0.2, 0.25) is 0 Å². The molecule has 0 aliphatic rings. The molecule has 10 heteroatoms. The molecule has 0 aliphatic carbocycles. The van der Waals surface area contributed by atoms with Gasteiger partial charge in [-0.25, -0.2) is 14.8 Å². The van der Waals surface area contributed by atoms with Gasteiger partial charge >= 0.3 is 5.97 Å². The lowest BCUT2D eigenvalue weighted by Gasteiger charge is -2.04. The van der Waals surface area contributed by atoms with Crippen molar-refractivity contribution in [1.29, 1.82) is 0 Å². The zero-order chi connectivity index (χ0) is 22.7. The molecule has 162 valence electrons. The monoisotopic (exact) mass is 466 g/mol. The second kappa shape index (κ2) is 9.25. The summed E-state index contributed by atoms with van der Waals surface area (Å²) in [6, 6.07) is 11.5. The van der Waals surface area contributed by atoms with Gasteiger partial charge in [0.15, 0.2) is 5.13 Å². The topological polar surface area (TPSA) is 103 Å². The predicted octanol–water partition coefficient (Wildman–Crippen LogP) is 3.87. The Balaban J connectivity index is 1.51. The van der Waals surface area contributed by atoms with E-state index in [9.17, 15) is 14.4 Å². The molecule has 0 saturated heterocycles. The van der Waals surface area contributed by atoms with Crippen molar-refractivity contribution in [3.8, 4) is 10.4 Å². The zero-order valence-corrected chi connectivity index (χ0v) is 18.7. The first-order chi connectivity index (χ1) is 15.5. The molecule has 0 atom stereocenters. The lowest BCUT2D eigenvalue weighted by Crippen LogP contribution is -2.27. The van der Waals surface area contributed by atoms with E-state index in [-0.39, 0.29) is 23.8 Å². The summed E-state index contributed by atoms with van der Waals surface area (Å²) in [5, 5.41) is 3.34. The summed E-state index contributed by atoms with van der Waals surface area (Å²) in [7, 11) is 0. The molecule has 3 heterocycles. The molecule has 0 spiro atoms. The van der Waals surface area contributed by atoms with E-state index in [2.05, 4.69) is 21.9 Å². The van der Waals surface area contributed by atoms with E-state index in [0.29, 0.717) is 20.8 Å². The number of anilines is 1. The summed E-state index contributed by atoms with van der Waals surface area (Å²) in [5.74, 6) is -0.982. The Morgan fingerprint density at radius 3 is 2.78 bits per heavy atom. The second-order valence-electron chi connectivity index (χ2n) is 6.74. The quantitative estimate of drug-likeness (QED) is 0.328. The Morgan fingerprint density at radius 2 is 2.03 bits per heavy atom. The highest BCUT2D eigenvalue weighted by atomic mass is 32.1. The summed E-state index contributed by atoms with van der Waals surface area (Å²) in [4.78, 5) is 47.8. The lowest BCUT2D eigenvalue weighted by atomic mass is 10.2. The standard InChI is InChI=1S/C22H18N4O4S2/c1-3-9-30-21(29)18-13(2)24-22(32-18)25-17(27)11-26-12-23-19-15(20(26)28)10-16(31-19)14-7-5-4-6-8-14/h3-8,10,12H,1,9,11H2,2H3,(H,24,25,27). The van der Waals surface area contributed by atoms with E-state index in [4.69, 9.17) is 4.74 Å². The fraction of sp³-hybridized carbons (Fsp3) is 0.136. The van der Waals surface area contributed by atoms with E-state index in [1.165, 1.54) is 28.3 Å². The second-order valence-corrected chi connectivity index (χ2v) is 8.77. The van der Waals surface area contributed by atoms with Crippen molar-refractivity contribution in [1.82, 2.24) is 14.5 Å². The van der Waals surface area contributed by atoms with Gasteiger partial charge in [0.05, 0.1) is 17.4 Å². The SMILES string of the molecule is C=CCOC(=O)c1sc(NC(=O)Cn2cnc3sc(-c4ccccc4)cc3c2=O)nc1C. The van der Waals surface area contributed by atoms with Crippen LogP contribution in [0, 0.1) is 6.92 Å². The van der Waals surface area contributed by atoms with Gasteiger partial charge in [-0.3, -0.25) is 14.2 Å². The average molecular weight is 467 g/mol. The molecule has 4 aromatic rings. The Morgan fingerprint density at radius 1 is 1.25 bits per heavy atom. The molecule has 0 saturated carbocycles. The molecular weight excluding hydrogens is 448 g/mol. The highest BCUT2D eigenvalue weighted by Gasteiger charge is 2.18. The number of rotatable bonds is 7. The molecule has 4 rings (SSSR count). The maximum atomic E-state index is 12.9. The number of thiazole rings is 1. The molecule has 32 heavy (non-hydrogen) atoms. The number of ether oxygens (including phenoxy) is 1. The van der Waals surface area contributed by atoms with E-state index >= 15 is 0 Å². The third-order valence-corrected chi connectivity index (χ3v) is 6.60. The number of benzene rings is 1. The van der Waals surface area contributed by atoms with E-state index in [1.54, 1.807) is 13.0 Å². The van der Waals surface area contributed by atoms with E-state index in [0.717, 1.165) is 21.8 Å². The Hall–Kier alpha value is -3.63. The van der Waals surface area contributed by atoms with Crippen LogP contribution < -0.4 is 10.9 Å². The Bertz CT molecular complexity index is 1370. The van der Waals surface area contributed by atoms with Gasteiger partial charge in [0, 0.05) is 4.88 Å². The number of hydrogen-bond acceptors (Lipinski definition) is 8. The number of fused-ring (bicyclic) bond motifs is 1. The molecule has 0 bridgehead atoms. The summed E-state index contributed by atoms with van der Waals surface area (Å²) in [6.45, 7) is 5.01. The van der Waals surface area contributed by atoms with Crippen LogP contribution in [0.4, 0.5) is 5.13 Å². The predicted molar refractivity (Wildman–Crippen MR) is 125 cm³/mol. The number of aromatic nitrogens is 3. The highest BCUT2D eigenvalue weighted by Crippen LogP contribution is 2.30. The summed E-state index contributed by atoms with van der Waals surface area (Å²) >= 11 is 2.44. The van der Waals surface area contributed by atoms with Crippen molar-refractivity contribution in [3.05, 3.63) is 76.3 Å². The largest absolute Gasteiger partial charge is 0.457 e. The molecule has 1 aromatic carbocycles. The minimum atomic E-state index is -0.530. The van der Waals surface area contributed by atoms with Gasteiger partial charge in [-0.1, -0.05) is 54.3 Å².